The van der Waals surface area contributed by atoms with E-state index in [1.165, 1.54) is 0 Å². The summed E-state index contributed by atoms with van der Waals surface area (Å²) in [7, 11) is 0. The monoisotopic (exact) mass is 339 g/mol. The number of hydrogen-bond acceptors (Lipinski definition) is 5. The third-order valence-corrected chi connectivity index (χ3v) is 4.36. The van der Waals surface area contributed by atoms with Crippen LogP contribution in [0, 0.1) is 0 Å². The number of anilines is 2. The number of morpholine rings is 2. The number of nitrogens with zero attached hydrogens (tertiary/aromatic N) is 2. The van der Waals surface area contributed by atoms with E-state index in [9.17, 15) is 4.79 Å². The largest absolute Gasteiger partial charge is 0.379 e. The third kappa shape index (κ3) is 4.57. The highest BCUT2D eigenvalue weighted by atomic mass is 35.5. The maximum atomic E-state index is 12.1. The van der Waals surface area contributed by atoms with Gasteiger partial charge in [-0.15, -0.1) is 0 Å². The molecule has 2 saturated heterocycles. The minimum absolute atomic E-state index is 0.0258. The molecule has 2 heterocycles. The van der Waals surface area contributed by atoms with Crippen molar-refractivity contribution in [1.82, 2.24) is 4.90 Å². The summed E-state index contributed by atoms with van der Waals surface area (Å²) < 4.78 is 10.6. The highest BCUT2D eigenvalue weighted by molar-refractivity contribution is 6.33. The standard InChI is InChI=1S/C16H22ClN3O3/c17-14-11-13(1-2-15(14)20-5-9-23-10-6-20)18-16(21)12-19-3-7-22-8-4-19/h1-2,11H,3-10,12H2,(H,18,21). The van der Waals surface area contributed by atoms with Gasteiger partial charge in [0.1, 0.15) is 0 Å². The summed E-state index contributed by atoms with van der Waals surface area (Å²) in [5.74, 6) is -0.0258. The van der Waals surface area contributed by atoms with Gasteiger partial charge in [-0.3, -0.25) is 9.69 Å². The minimum atomic E-state index is -0.0258. The molecule has 0 atom stereocenters. The zero-order chi connectivity index (χ0) is 16.1. The smallest absolute Gasteiger partial charge is 0.238 e. The van der Waals surface area contributed by atoms with Crippen molar-refractivity contribution in [3.63, 3.8) is 0 Å². The Labute approximate surface area is 141 Å². The van der Waals surface area contributed by atoms with E-state index in [-0.39, 0.29) is 5.91 Å². The van der Waals surface area contributed by atoms with Crippen molar-refractivity contribution in [2.24, 2.45) is 0 Å². The number of amides is 1. The number of benzene rings is 1. The van der Waals surface area contributed by atoms with Crippen LogP contribution in [0.3, 0.4) is 0 Å². The Hall–Kier alpha value is -1.34. The summed E-state index contributed by atoms with van der Waals surface area (Å²) in [6, 6.07) is 5.66. The van der Waals surface area contributed by atoms with E-state index in [1.54, 1.807) is 0 Å². The van der Waals surface area contributed by atoms with Gasteiger partial charge in [-0.2, -0.15) is 0 Å². The molecule has 0 aromatic heterocycles. The zero-order valence-electron chi connectivity index (χ0n) is 13.1. The van der Waals surface area contributed by atoms with Crippen LogP contribution in [0.5, 0.6) is 0 Å². The van der Waals surface area contributed by atoms with Gasteiger partial charge in [0.25, 0.3) is 0 Å². The predicted molar refractivity (Wildman–Crippen MR) is 90.4 cm³/mol. The van der Waals surface area contributed by atoms with Gasteiger partial charge >= 0.3 is 0 Å². The van der Waals surface area contributed by atoms with Crippen LogP contribution in [-0.4, -0.2) is 70.0 Å². The summed E-state index contributed by atoms with van der Waals surface area (Å²) in [6.07, 6.45) is 0. The van der Waals surface area contributed by atoms with Crippen molar-refractivity contribution < 1.29 is 14.3 Å². The van der Waals surface area contributed by atoms with E-state index >= 15 is 0 Å². The topological polar surface area (TPSA) is 54.0 Å². The normalized spacial score (nSPS) is 19.6. The highest BCUT2D eigenvalue weighted by Gasteiger charge is 2.16. The molecule has 1 aromatic rings. The Morgan fingerprint density at radius 1 is 1.09 bits per heavy atom. The van der Waals surface area contributed by atoms with Gasteiger partial charge in [-0.1, -0.05) is 11.6 Å². The number of nitrogens with one attached hydrogen (secondary N) is 1. The van der Waals surface area contributed by atoms with Crippen LogP contribution in [0.2, 0.25) is 5.02 Å². The average molecular weight is 340 g/mol. The summed E-state index contributed by atoms with van der Waals surface area (Å²) in [5, 5.41) is 3.56. The van der Waals surface area contributed by atoms with Crippen LogP contribution in [0.15, 0.2) is 18.2 Å². The van der Waals surface area contributed by atoms with Crippen molar-refractivity contribution >= 4 is 28.9 Å². The molecule has 0 aliphatic carbocycles. The summed E-state index contributed by atoms with van der Waals surface area (Å²) >= 11 is 6.38. The predicted octanol–water partition coefficient (Wildman–Crippen LogP) is 1.45. The molecular formula is C16H22ClN3O3. The molecule has 23 heavy (non-hydrogen) atoms. The number of carbonyl (C=O) groups is 1. The number of carbonyl (C=O) groups excluding carboxylic acids is 1. The fraction of sp³-hybridized carbons (Fsp3) is 0.562. The van der Waals surface area contributed by atoms with Gasteiger partial charge in [0.2, 0.25) is 5.91 Å². The number of halogens is 1. The van der Waals surface area contributed by atoms with Crippen LogP contribution in [0.25, 0.3) is 0 Å². The third-order valence-electron chi connectivity index (χ3n) is 4.05. The molecule has 0 unspecified atom stereocenters. The Kier molecular flexibility index (Phi) is 5.72. The second-order valence-electron chi connectivity index (χ2n) is 5.70. The lowest BCUT2D eigenvalue weighted by Crippen LogP contribution is -2.41. The van der Waals surface area contributed by atoms with E-state index in [4.69, 9.17) is 21.1 Å². The molecule has 3 rings (SSSR count). The Morgan fingerprint density at radius 2 is 1.74 bits per heavy atom. The quantitative estimate of drug-likeness (QED) is 0.899. The van der Waals surface area contributed by atoms with Crippen molar-refractivity contribution in [3.8, 4) is 0 Å². The van der Waals surface area contributed by atoms with Crippen molar-refractivity contribution in [1.29, 1.82) is 0 Å². The molecule has 1 amide bonds. The first-order valence-corrected chi connectivity index (χ1v) is 8.32. The molecule has 7 heteroatoms. The van der Waals surface area contributed by atoms with Gasteiger partial charge in [0.05, 0.1) is 43.7 Å². The zero-order valence-corrected chi connectivity index (χ0v) is 13.8. The van der Waals surface area contributed by atoms with Gasteiger partial charge in [0.15, 0.2) is 0 Å². The van der Waals surface area contributed by atoms with Crippen LogP contribution < -0.4 is 10.2 Å². The van der Waals surface area contributed by atoms with E-state index in [2.05, 4.69) is 15.1 Å². The van der Waals surface area contributed by atoms with Crippen molar-refractivity contribution in [3.05, 3.63) is 23.2 Å². The molecule has 1 N–H and O–H groups in total. The fourth-order valence-corrected chi connectivity index (χ4v) is 3.11. The molecule has 0 spiro atoms. The summed E-state index contributed by atoms with van der Waals surface area (Å²) in [6.45, 7) is 6.45. The van der Waals surface area contributed by atoms with E-state index < -0.39 is 0 Å². The lowest BCUT2D eigenvalue weighted by molar-refractivity contribution is -0.118. The lowest BCUT2D eigenvalue weighted by Gasteiger charge is -2.29. The van der Waals surface area contributed by atoms with Gasteiger partial charge in [0, 0.05) is 31.9 Å². The SMILES string of the molecule is O=C(CN1CCOCC1)Nc1ccc(N2CCOCC2)c(Cl)c1. The summed E-state index contributed by atoms with van der Waals surface area (Å²) in [5.41, 5.74) is 1.71. The van der Waals surface area contributed by atoms with E-state index in [1.807, 2.05) is 18.2 Å². The minimum Gasteiger partial charge on any atom is -0.379 e. The molecule has 0 bridgehead atoms. The molecule has 2 fully saturated rings. The van der Waals surface area contributed by atoms with Crippen molar-refractivity contribution in [2.75, 3.05) is 69.4 Å². The van der Waals surface area contributed by atoms with Crippen LogP contribution in [-0.2, 0) is 14.3 Å². The maximum absolute atomic E-state index is 12.1. The molecule has 0 radical (unpaired) electrons. The summed E-state index contributed by atoms with van der Waals surface area (Å²) in [4.78, 5) is 16.4. The number of rotatable bonds is 4. The van der Waals surface area contributed by atoms with Gasteiger partial charge in [-0.25, -0.2) is 0 Å². The second kappa shape index (κ2) is 7.97. The maximum Gasteiger partial charge on any atom is 0.238 e. The first kappa shape index (κ1) is 16.5. The molecule has 1 aromatic carbocycles. The fourth-order valence-electron chi connectivity index (χ4n) is 2.81. The number of ether oxygens (including phenoxy) is 2. The van der Waals surface area contributed by atoms with E-state index in [0.29, 0.717) is 38.0 Å². The molecule has 126 valence electrons. The van der Waals surface area contributed by atoms with Gasteiger partial charge < -0.3 is 19.7 Å². The molecule has 6 nitrogen and oxygen atoms in total. The molecule has 0 saturated carbocycles. The highest BCUT2D eigenvalue weighted by Crippen LogP contribution is 2.29. The molecular weight excluding hydrogens is 318 g/mol. The molecule has 2 aliphatic heterocycles. The van der Waals surface area contributed by atoms with Crippen LogP contribution in [0.4, 0.5) is 11.4 Å². The number of hydrogen-bond donors (Lipinski definition) is 1. The Morgan fingerprint density at radius 3 is 2.39 bits per heavy atom. The first-order chi connectivity index (χ1) is 11.2. The van der Waals surface area contributed by atoms with Crippen LogP contribution >= 0.6 is 11.6 Å². The molecule has 2 aliphatic rings. The van der Waals surface area contributed by atoms with Gasteiger partial charge in [-0.05, 0) is 18.2 Å². The van der Waals surface area contributed by atoms with E-state index in [0.717, 1.165) is 37.6 Å². The second-order valence-corrected chi connectivity index (χ2v) is 6.11. The Bertz CT molecular complexity index is 543. The first-order valence-electron chi connectivity index (χ1n) is 7.94. The Balaban J connectivity index is 1.57. The van der Waals surface area contributed by atoms with Crippen LogP contribution in [0.1, 0.15) is 0 Å². The lowest BCUT2D eigenvalue weighted by atomic mass is 10.2. The average Bonchev–Trinajstić information content (AvgIpc) is 2.56. The van der Waals surface area contributed by atoms with Crippen molar-refractivity contribution in [2.45, 2.75) is 0 Å².